The van der Waals surface area contributed by atoms with Gasteiger partial charge in [-0.15, -0.1) is 0 Å². The van der Waals surface area contributed by atoms with Gasteiger partial charge in [0.15, 0.2) is 0 Å². The summed E-state index contributed by atoms with van der Waals surface area (Å²) in [4.78, 5) is 2.64. The highest BCUT2D eigenvalue weighted by atomic mass is 15.1. The van der Waals surface area contributed by atoms with Crippen LogP contribution in [-0.4, -0.2) is 30.6 Å². The van der Waals surface area contributed by atoms with Gasteiger partial charge in [-0.1, -0.05) is 26.0 Å². The van der Waals surface area contributed by atoms with Crippen LogP contribution in [0.25, 0.3) is 0 Å². The van der Waals surface area contributed by atoms with Crippen LogP contribution < -0.4 is 5.32 Å². The van der Waals surface area contributed by atoms with Gasteiger partial charge in [0.05, 0.1) is 0 Å². The van der Waals surface area contributed by atoms with Gasteiger partial charge in [-0.3, -0.25) is 0 Å². The summed E-state index contributed by atoms with van der Waals surface area (Å²) in [6, 6.07) is 7.66. The van der Waals surface area contributed by atoms with Crippen molar-refractivity contribution in [1.29, 1.82) is 0 Å². The Hall–Kier alpha value is -1.02. The van der Waals surface area contributed by atoms with Gasteiger partial charge in [0.25, 0.3) is 0 Å². The van der Waals surface area contributed by atoms with E-state index in [1.807, 2.05) is 0 Å². The van der Waals surface area contributed by atoms with Crippen LogP contribution in [0.4, 0.5) is 5.69 Å². The average Bonchev–Trinajstić information content (AvgIpc) is 2.47. The van der Waals surface area contributed by atoms with Crippen LogP contribution in [0.2, 0.25) is 0 Å². The van der Waals surface area contributed by atoms with Crippen molar-refractivity contribution in [3.05, 3.63) is 29.3 Å². The molecule has 0 saturated heterocycles. The summed E-state index contributed by atoms with van der Waals surface area (Å²) in [6.45, 7) is 10.5. The summed E-state index contributed by atoms with van der Waals surface area (Å²) in [5.41, 5.74) is 4.36. The van der Waals surface area contributed by atoms with Gasteiger partial charge in [-0.25, -0.2) is 0 Å². The molecular weight excluding hydrogens is 244 g/mol. The second-order valence-electron chi connectivity index (χ2n) is 6.11. The Morgan fingerprint density at radius 1 is 1.20 bits per heavy atom. The summed E-state index contributed by atoms with van der Waals surface area (Å²) < 4.78 is 0. The zero-order valence-electron chi connectivity index (χ0n) is 13.4. The third-order valence-electron chi connectivity index (χ3n) is 4.28. The van der Waals surface area contributed by atoms with E-state index in [1.54, 1.807) is 0 Å². The molecule has 1 atom stereocenters. The summed E-state index contributed by atoms with van der Waals surface area (Å²) in [5, 5.41) is 3.50. The Bertz CT molecular complexity index is 408. The maximum Gasteiger partial charge on any atom is 0.0372 e. The van der Waals surface area contributed by atoms with Crippen LogP contribution >= 0.6 is 0 Å². The number of aryl methyl sites for hydroxylation is 1. The topological polar surface area (TPSA) is 15.3 Å². The van der Waals surface area contributed by atoms with Gasteiger partial charge < -0.3 is 10.2 Å². The van der Waals surface area contributed by atoms with Gasteiger partial charge >= 0.3 is 0 Å². The second kappa shape index (κ2) is 7.68. The highest BCUT2D eigenvalue weighted by molar-refractivity contribution is 5.54. The standard InChI is InChI=1S/C18H30N2/c1-4-11-20(12-5-2)15(3)13-16-8-9-18-17(14-16)7-6-10-19-18/h8-9,14-15,19H,4-7,10-13H2,1-3H3. The zero-order chi connectivity index (χ0) is 14.4. The van der Waals surface area contributed by atoms with E-state index in [9.17, 15) is 0 Å². The Labute approximate surface area is 124 Å². The van der Waals surface area contributed by atoms with Crippen LogP contribution in [0, 0.1) is 0 Å². The van der Waals surface area contributed by atoms with Gasteiger partial charge in [0, 0.05) is 18.3 Å². The molecule has 1 aliphatic heterocycles. The van der Waals surface area contributed by atoms with E-state index >= 15 is 0 Å². The molecule has 0 spiro atoms. The fourth-order valence-corrected chi connectivity index (χ4v) is 3.25. The third-order valence-corrected chi connectivity index (χ3v) is 4.28. The minimum Gasteiger partial charge on any atom is -0.385 e. The minimum atomic E-state index is 0.643. The summed E-state index contributed by atoms with van der Waals surface area (Å²) in [7, 11) is 0. The summed E-state index contributed by atoms with van der Waals surface area (Å²) in [5.74, 6) is 0. The number of benzene rings is 1. The molecule has 112 valence electrons. The smallest absolute Gasteiger partial charge is 0.0372 e. The predicted molar refractivity (Wildman–Crippen MR) is 88.6 cm³/mol. The number of rotatable bonds is 7. The quantitative estimate of drug-likeness (QED) is 0.805. The summed E-state index contributed by atoms with van der Waals surface area (Å²) in [6.07, 6.45) is 6.17. The van der Waals surface area contributed by atoms with Gasteiger partial charge in [0.1, 0.15) is 0 Å². The van der Waals surface area contributed by atoms with Crippen molar-refractivity contribution in [3.8, 4) is 0 Å². The molecule has 2 rings (SSSR count). The normalized spacial score (nSPS) is 15.8. The molecule has 2 heteroatoms. The van der Waals surface area contributed by atoms with Crippen molar-refractivity contribution in [2.75, 3.05) is 25.0 Å². The monoisotopic (exact) mass is 274 g/mol. The van der Waals surface area contributed by atoms with Crippen LogP contribution in [0.15, 0.2) is 18.2 Å². The highest BCUT2D eigenvalue weighted by Crippen LogP contribution is 2.24. The molecular formula is C18H30N2. The number of nitrogens with one attached hydrogen (secondary N) is 1. The maximum atomic E-state index is 3.50. The third kappa shape index (κ3) is 3.99. The Kier molecular flexibility index (Phi) is 5.90. The van der Waals surface area contributed by atoms with Crippen LogP contribution in [-0.2, 0) is 12.8 Å². The lowest BCUT2D eigenvalue weighted by atomic mass is 9.97. The Morgan fingerprint density at radius 2 is 1.95 bits per heavy atom. The lowest BCUT2D eigenvalue weighted by molar-refractivity contribution is 0.208. The molecule has 2 nitrogen and oxygen atoms in total. The molecule has 1 aromatic carbocycles. The lowest BCUT2D eigenvalue weighted by Gasteiger charge is -2.29. The van der Waals surface area contributed by atoms with Crippen LogP contribution in [0.5, 0.6) is 0 Å². The van der Waals surface area contributed by atoms with Crippen molar-refractivity contribution in [3.63, 3.8) is 0 Å². The van der Waals surface area contributed by atoms with Crippen molar-refractivity contribution in [2.24, 2.45) is 0 Å². The SMILES string of the molecule is CCCN(CCC)C(C)Cc1ccc2c(c1)CCCN2. The molecule has 20 heavy (non-hydrogen) atoms. The van der Waals surface area contributed by atoms with Crippen LogP contribution in [0.3, 0.4) is 0 Å². The summed E-state index contributed by atoms with van der Waals surface area (Å²) >= 11 is 0. The largest absolute Gasteiger partial charge is 0.385 e. The molecule has 1 aromatic rings. The first-order valence-electron chi connectivity index (χ1n) is 8.34. The van der Waals surface area contributed by atoms with E-state index in [-0.39, 0.29) is 0 Å². The number of anilines is 1. The number of hydrogen-bond donors (Lipinski definition) is 1. The van der Waals surface area contributed by atoms with Crippen molar-refractivity contribution < 1.29 is 0 Å². The molecule has 1 aliphatic rings. The van der Waals surface area contributed by atoms with Crippen molar-refractivity contribution in [1.82, 2.24) is 4.90 Å². The second-order valence-corrected chi connectivity index (χ2v) is 6.11. The number of nitrogens with zero attached hydrogens (tertiary/aromatic N) is 1. The average molecular weight is 274 g/mol. The molecule has 1 N–H and O–H groups in total. The van der Waals surface area contributed by atoms with E-state index in [2.05, 4.69) is 49.2 Å². The van der Waals surface area contributed by atoms with E-state index in [1.165, 1.54) is 62.0 Å². The van der Waals surface area contributed by atoms with E-state index in [4.69, 9.17) is 0 Å². The Morgan fingerprint density at radius 3 is 2.65 bits per heavy atom. The zero-order valence-corrected chi connectivity index (χ0v) is 13.4. The molecule has 0 aliphatic carbocycles. The fourth-order valence-electron chi connectivity index (χ4n) is 3.25. The first-order valence-corrected chi connectivity index (χ1v) is 8.34. The first-order chi connectivity index (χ1) is 9.74. The van der Waals surface area contributed by atoms with Crippen molar-refractivity contribution in [2.45, 2.75) is 58.9 Å². The molecule has 1 unspecified atom stereocenters. The Balaban J connectivity index is 2.00. The molecule has 0 aromatic heterocycles. The molecule has 1 heterocycles. The fraction of sp³-hybridized carbons (Fsp3) is 0.667. The van der Waals surface area contributed by atoms with E-state index in [0.29, 0.717) is 6.04 Å². The number of fused-ring (bicyclic) bond motifs is 1. The lowest BCUT2D eigenvalue weighted by Crippen LogP contribution is -2.36. The van der Waals surface area contributed by atoms with Gasteiger partial charge in [-0.2, -0.15) is 0 Å². The molecule has 0 bridgehead atoms. The first kappa shape index (κ1) is 15.4. The minimum absolute atomic E-state index is 0.643. The molecule has 0 fully saturated rings. The predicted octanol–water partition coefficient (Wildman–Crippen LogP) is 4.10. The molecule has 0 saturated carbocycles. The van der Waals surface area contributed by atoms with E-state index < -0.39 is 0 Å². The van der Waals surface area contributed by atoms with Gasteiger partial charge in [0.2, 0.25) is 0 Å². The van der Waals surface area contributed by atoms with E-state index in [0.717, 1.165) is 6.54 Å². The van der Waals surface area contributed by atoms with Crippen LogP contribution in [0.1, 0.15) is 51.2 Å². The van der Waals surface area contributed by atoms with Crippen molar-refractivity contribution >= 4 is 5.69 Å². The number of hydrogen-bond acceptors (Lipinski definition) is 2. The maximum absolute atomic E-state index is 3.50. The van der Waals surface area contributed by atoms with Gasteiger partial charge in [-0.05, 0) is 69.3 Å². The molecule has 0 amide bonds. The molecule has 0 radical (unpaired) electrons. The highest BCUT2D eigenvalue weighted by Gasteiger charge is 2.14.